The maximum atomic E-state index is 13.7. The van der Waals surface area contributed by atoms with Gasteiger partial charge in [0, 0.05) is 25.6 Å². The number of carbonyl (C=O) groups excluding carboxylic acids is 2. The Bertz CT molecular complexity index is 970. The van der Waals surface area contributed by atoms with Crippen molar-refractivity contribution in [1.82, 2.24) is 15.1 Å². The van der Waals surface area contributed by atoms with E-state index in [0.717, 1.165) is 11.1 Å². The Hall–Kier alpha value is -2.80. The molecule has 172 valence electrons. The lowest BCUT2D eigenvalue weighted by atomic mass is 9.87. The molecule has 2 aromatic rings. The fraction of sp³-hybridized carbons (Fsp3) is 0.440. The number of nitrogens with zero attached hydrogens (tertiary/aromatic N) is 2. The summed E-state index contributed by atoms with van der Waals surface area (Å²) in [6.45, 7) is 4.76. The maximum absolute atomic E-state index is 13.7. The number of amides is 2. The molecule has 0 saturated carbocycles. The number of benzene rings is 2. The zero-order valence-electron chi connectivity index (χ0n) is 19.1. The van der Waals surface area contributed by atoms with Crippen LogP contribution in [0.5, 0.6) is 0 Å². The summed E-state index contributed by atoms with van der Waals surface area (Å²) in [5.41, 5.74) is 1.08. The van der Waals surface area contributed by atoms with Gasteiger partial charge in [0.15, 0.2) is 0 Å². The van der Waals surface area contributed by atoms with Gasteiger partial charge < -0.3 is 10.2 Å². The summed E-state index contributed by atoms with van der Waals surface area (Å²) in [7, 11) is 3.66. The summed E-state index contributed by atoms with van der Waals surface area (Å²) in [4.78, 5) is 29.7. The average Bonchev–Trinajstić information content (AvgIpc) is 2.79. The molecule has 0 bridgehead atoms. The van der Waals surface area contributed by atoms with Crippen LogP contribution in [0.2, 0.25) is 0 Å². The Balaban J connectivity index is 1.59. The number of likely N-dealkylation sites (N-methyl/N-ethyl adjacent to an activating group) is 1. The van der Waals surface area contributed by atoms with E-state index in [-0.39, 0.29) is 35.9 Å². The molecule has 2 amide bonds. The normalized spacial score (nSPS) is 16.7. The van der Waals surface area contributed by atoms with Crippen molar-refractivity contribution in [3.63, 3.8) is 0 Å². The molecule has 1 aliphatic heterocycles. The van der Waals surface area contributed by atoms with Gasteiger partial charge in [-0.1, -0.05) is 24.3 Å². The highest BCUT2D eigenvalue weighted by Gasteiger charge is 2.42. The molecule has 1 unspecified atom stereocenters. The second-order valence-corrected chi connectivity index (χ2v) is 8.84. The van der Waals surface area contributed by atoms with Gasteiger partial charge in [-0.2, -0.15) is 0 Å². The number of hydrogen-bond acceptors (Lipinski definition) is 3. The van der Waals surface area contributed by atoms with Crippen molar-refractivity contribution in [2.24, 2.45) is 5.92 Å². The van der Waals surface area contributed by atoms with Gasteiger partial charge in [-0.25, -0.2) is 8.78 Å². The SMILES string of the molecule is Cc1ccc(CNC(=O)C2CCN(C(=O)C(C)(c3ccc(F)cc3)N(C)C)CC2)cc1F. The van der Waals surface area contributed by atoms with Crippen molar-refractivity contribution in [1.29, 1.82) is 0 Å². The van der Waals surface area contributed by atoms with E-state index in [0.29, 0.717) is 31.5 Å². The minimum absolute atomic E-state index is 0.0666. The van der Waals surface area contributed by atoms with Crippen molar-refractivity contribution in [2.45, 2.75) is 38.8 Å². The van der Waals surface area contributed by atoms with Crippen LogP contribution < -0.4 is 5.32 Å². The van der Waals surface area contributed by atoms with Crippen LogP contribution in [0.1, 0.15) is 36.5 Å². The molecular formula is C25H31F2N3O2. The van der Waals surface area contributed by atoms with Gasteiger partial charge in [0.1, 0.15) is 17.2 Å². The highest BCUT2D eigenvalue weighted by molar-refractivity contribution is 5.88. The molecule has 0 aliphatic carbocycles. The molecule has 7 heteroatoms. The maximum Gasteiger partial charge on any atom is 0.247 e. The number of hydrogen-bond donors (Lipinski definition) is 1. The van der Waals surface area contributed by atoms with E-state index in [2.05, 4.69) is 5.32 Å². The van der Waals surface area contributed by atoms with E-state index in [1.165, 1.54) is 18.2 Å². The van der Waals surface area contributed by atoms with Gasteiger partial charge in [-0.05, 0) is 75.7 Å². The first-order valence-electron chi connectivity index (χ1n) is 10.9. The van der Waals surface area contributed by atoms with Gasteiger partial charge in [-0.3, -0.25) is 14.5 Å². The van der Waals surface area contributed by atoms with E-state index in [9.17, 15) is 18.4 Å². The molecule has 1 N–H and O–H groups in total. The third-order valence-electron chi connectivity index (χ3n) is 6.57. The smallest absolute Gasteiger partial charge is 0.247 e. The quantitative estimate of drug-likeness (QED) is 0.742. The lowest BCUT2D eigenvalue weighted by molar-refractivity contribution is -0.145. The zero-order valence-corrected chi connectivity index (χ0v) is 19.1. The van der Waals surface area contributed by atoms with Crippen molar-refractivity contribution >= 4 is 11.8 Å². The van der Waals surface area contributed by atoms with Crippen LogP contribution in [0.25, 0.3) is 0 Å². The topological polar surface area (TPSA) is 52.7 Å². The first-order chi connectivity index (χ1) is 15.1. The third kappa shape index (κ3) is 4.99. The average molecular weight is 444 g/mol. The number of likely N-dealkylation sites (tertiary alicyclic amines) is 1. The number of carbonyl (C=O) groups is 2. The third-order valence-corrected chi connectivity index (χ3v) is 6.57. The molecule has 2 aromatic carbocycles. The summed E-state index contributed by atoms with van der Waals surface area (Å²) in [5.74, 6) is -0.961. The van der Waals surface area contributed by atoms with Crippen LogP contribution in [-0.2, 0) is 21.7 Å². The van der Waals surface area contributed by atoms with Crippen molar-refractivity contribution in [2.75, 3.05) is 27.2 Å². The van der Waals surface area contributed by atoms with Gasteiger partial charge in [0.05, 0.1) is 0 Å². The Kier molecular flexibility index (Phi) is 7.29. The lowest BCUT2D eigenvalue weighted by Crippen LogP contribution is -2.55. The number of nitrogens with one attached hydrogen (secondary N) is 1. The van der Waals surface area contributed by atoms with Gasteiger partial charge >= 0.3 is 0 Å². The monoisotopic (exact) mass is 443 g/mol. The molecule has 1 fully saturated rings. The minimum atomic E-state index is -0.932. The summed E-state index contributed by atoms with van der Waals surface area (Å²) in [6.07, 6.45) is 1.12. The minimum Gasteiger partial charge on any atom is -0.352 e. The fourth-order valence-corrected chi connectivity index (χ4v) is 4.08. The van der Waals surface area contributed by atoms with Crippen LogP contribution in [0.4, 0.5) is 8.78 Å². The molecule has 1 atom stereocenters. The second kappa shape index (κ2) is 9.77. The van der Waals surface area contributed by atoms with Crippen LogP contribution in [0.3, 0.4) is 0 Å². The predicted octanol–water partition coefficient (Wildman–Crippen LogP) is 3.61. The Morgan fingerprint density at radius 1 is 1.09 bits per heavy atom. The van der Waals surface area contributed by atoms with Gasteiger partial charge in [0.25, 0.3) is 0 Å². The van der Waals surface area contributed by atoms with E-state index in [4.69, 9.17) is 0 Å². The van der Waals surface area contributed by atoms with Crippen molar-refractivity contribution in [3.05, 3.63) is 70.8 Å². The molecule has 5 nitrogen and oxygen atoms in total. The van der Waals surface area contributed by atoms with E-state index < -0.39 is 5.54 Å². The summed E-state index contributed by atoms with van der Waals surface area (Å²) >= 11 is 0. The molecule has 3 rings (SSSR count). The van der Waals surface area contributed by atoms with E-state index in [1.54, 1.807) is 36.1 Å². The van der Waals surface area contributed by atoms with Crippen LogP contribution in [0, 0.1) is 24.5 Å². The van der Waals surface area contributed by atoms with E-state index >= 15 is 0 Å². The standard InChI is InChI=1S/C25H31F2N3O2/c1-17-5-6-18(15-22(17)27)16-28-23(31)19-11-13-30(14-12-19)24(32)25(2,29(3)4)20-7-9-21(26)10-8-20/h5-10,15,19H,11-14,16H2,1-4H3,(H,28,31). The first kappa shape index (κ1) is 23.9. The largest absolute Gasteiger partial charge is 0.352 e. The fourth-order valence-electron chi connectivity index (χ4n) is 4.08. The number of rotatable bonds is 6. The molecule has 1 heterocycles. The molecular weight excluding hydrogens is 412 g/mol. The molecule has 1 saturated heterocycles. The van der Waals surface area contributed by atoms with Crippen LogP contribution in [-0.4, -0.2) is 48.8 Å². The first-order valence-corrected chi connectivity index (χ1v) is 10.9. The van der Waals surface area contributed by atoms with Gasteiger partial charge in [-0.15, -0.1) is 0 Å². The van der Waals surface area contributed by atoms with Gasteiger partial charge in [0.2, 0.25) is 11.8 Å². The zero-order chi connectivity index (χ0) is 23.5. The molecule has 0 aromatic heterocycles. The predicted molar refractivity (Wildman–Crippen MR) is 120 cm³/mol. The second-order valence-electron chi connectivity index (χ2n) is 8.84. The van der Waals surface area contributed by atoms with Crippen LogP contribution >= 0.6 is 0 Å². The molecule has 32 heavy (non-hydrogen) atoms. The van der Waals surface area contributed by atoms with Crippen LogP contribution in [0.15, 0.2) is 42.5 Å². The summed E-state index contributed by atoms with van der Waals surface area (Å²) in [5, 5.41) is 2.89. The highest BCUT2D eigenvalue weighted by Crippen LogP contribution is 2.31. The van der Waals surface area contributed by atoms with E-state index in [1.807, 2.05) is 25.9 Å². The summed E-state index contributed by atoms with van der Waals surface area (Å²) in [6, 6.07) is 10.9. The number of piperidine rings is 1. The molecule has 0 spiro atoms. The van der Waals surface area contributed by atoms with Crippen molar-refractivity contribution in [3.8, 4) is 0 Å². The Morgan fingerprint density at radius 3 is 2.28 bits per heavy atom. The number of aryl methyl sites for hydroxylation is 1. The number of halogens is 2. The lowest BCUT2D eigenvalue weighted by Gasteiger charge is -2.41. The molecule has 0 radical (unpaired) electrons. The summed E-state index contributed by atoms with van der Waals surface area (Å²) < 4.78 is 27.1. The molecule has 1 aliphatic rings. The highest BCUT2D eigenvalue weighted by atomic mass is 19.1. The Morgan fingerprint density at radius 2 is 1.72 bits per heavy atom. The Labute approximate surface area is 188 Å². The van der Waals surface area contributed by atoms with Crippen molar-refractivity contribution < 1.29 is 18.4 Å².